The van der Waals surface area contributed by atoms with E-state index in [0.29, 0.717) is 12.5 Å². The van der Waals surface area contributed by atoms with E-state index in [1.165, 1.54) is 5.56 Å². The van der Waals surface area contributed by atoms with Crippen LogP contribution in [0.4, 0.5) is 0 Å². The molecule has 0 saturated heterocycles. The minimum atomic E-state index is -0.0119. The van der Waals surface area contributed by atoms with E-state index in [2.05, 4.69) is 38.1 Å². The Kier molecular flexibility index (Phi) is 4.79. The van der Waals surface area contributed by atoms with Crippen LogP contribution in [0.25, 0.3) is 0 Å². The molecule has 2 N–H and O–H groups in total. The summed E-state index contributed by atoms with van der Waals surface area (Å²) in [4.78, 5) is 0. The Morgan fingerprint density at radius 3 is 2.67 bits per heavy atom. The van der Waals surface area contributed by atoms with Crippen molar-refractivity contribution in [1.29, 1.82) is 0 Å². The number of rotatable bonds is 5. The van der Waals surface area contributed by atoms with Gasteiger partial charge in [0, 0.05) is 7.11 Å². The van der Waals surface area contributed by atoms with E-state index in [0.717, 1.165) is 12.0 Å². The Morgan fingerprint density at radius 1 is 1.33 bits per heavy atom. The van der Waals surface area contributed by atoms with Crippen molar-refractivity contribution < 1.29 is 4.74 Å². The fourth-order valence-corrected chi connectivity index (χ4v) is 1.70. The molecule has 0 heterocycles. The van der Waals surface area contributed by atoms with Gasteiger partial charge in [-0.05, 0) is 23.5 Å². The molecule has 0 spiro atoms. The molecule has 1 atom stereocenters. The molecule has 1 unspecified atom stereocenters. The minimum absolute atomic E-state index is 0.0119. The maximum Gasteiger partial charge on any atom is 0.0655 e. The monoisotopic (exact) mass is 207 g/mol. The molecule has 0 radical (unpaired) electrons. The Morgan fingerprint density at radius 2 is 2.07 bits per heavy atom. The zero-order valence-corrected chi connectivity index (χ0v) is 9.86. The van der Waals surface area contributed by atoms with Gasteiger partial charge in [-0.2, -0.15) is 0 Å². The van der Waals surface area contributed by atoms with Gasteiger partial charge in [0.15, 0.2) is 0 Å². The molecule has 0 fully saturated rings. The van der Waals surface area contributed by atoms with Crippen molar-refractivity contribution in [2.75, 3.05) is 13.7 Å². The van der Waals surface area contributed by atoms with Gasteiger partial charge in [-0.15, -0.1) is 0 Å². The van der Waals surface area contributed by atoms with Crippen molar-refractivity contribution in [3.05, 3.63) is 35.4 Å². The summed E-state index contributed by atoms with van der Waals surface area (Å²) >= 11 is 0. The van der Waals surface area contributed by atoms with Crippen LogP contribution >= 0.6 is 0 Å². The van der Waals surface area contributed by atoms with Gasteiger partial charge in [-0.25, -0.2) is 0 Å². The molecule has 0 saturated carbocycles. The fraction of sp³-hybridized carbons (Fsp3) is 0.538. The van der Waals surface area contributed by atoms with E-state index < -0.39 is 0 Å². The van der Waals surface area contributed by atoms with Crippen molar-refractivity contribution in [3.8, 4) is 0 Å². The molecular formula is C13H21NO. The second-order valence-corrected chi connectivity index (χ2v) is 4.40. The molecule has 0 bridgehead atoms. The van der Waals surface area contributed by atoms with Crippen LogP contribution in [0.15, 0.2) is 24.3 Å². The highest BCUT2D eigenvalue weighted by atomic mass is 16.5. The second kappa shape index (κ2) is 5.89. The summed E-state index contributed by atoms with van der Waals surface area (Å²) in [5.41, 5.74) is 8.50. The van der Waals surface area contributed by atoms with Crippen LogP contribution in [0.1, 0.15) is 31.0 Å². The van der Waals surface area contributed by atoms with Crippen LogP contribution in [-0.4, -0.2) is 13.7 Å². The molecule has 1 aromatic rings. The highest BCUT2D eigenvalue weighted by molar-refractivity contribution is 5.26. The fourth-order valence-electron chi connectivity index (χ4n) is 1.70. The zero-order chi connectivity index (χ0) is 11.3. The molecule has 0 aliphatic rings. The summed E-state index contributed by atoms with van der Waals surface area (Å²) in [6.07, 6.45) is 1.10. The normalized spacial score (nSPS) is 13.1. The van der Waals surface area contributed by atoms with Crippen molar-refractivity contribution in [2.45, 2.75) is 26.3 Å². The van der Waals surface area contributed by atoms with Gasteiger partial charge in [0.05, 0.1) is 12.6 Å². The van der Waals surface area contributed by atoms with E-state index in [1.807, 2.05) is 0 Å². The Hall–Kier alpha value is -0.860. The van der Waals surface area contributed by atoms with Gasteiger partial charge in [0.25, 0.3) is 0 Å². The van der Waals surface area contributed by atoms with Crippen LogP contribution in [0, 0.1) is 5.92 Å². The van der Waals surface area contributed by atoms with Crippen LogP contribution in [-0.2, 0) is 11.2 Å². The van der Waals surface area contributed by atoms with Gasteiger partial charge in [-0.3, -0.25) is 0 Å². The third-order valence-electron chi connectivity index (χ3n) is 2.37. The first-order valence-electron chi connectivity index (χ1n) is 5.47. The lowest BCUT2D eigenvalue weighted by molar-refractivity contribution is 0.181. The number of hydrogen-bond acceptors (Lipinski definition) is 2. The standard InChI is InChI=1S/C13H21NO/c1-10(2)7-11-5-4-6-12(8-11)13(14)9-15-3/h4-6,8,10,13H,7,9,14H2,1-3H3. The van der Waals surface area contributed by atoms with Gasteiger partial charge in [-0.1, -0.05) is 38.1 Å². The van der Waals surface area contributed by atoms with Crippen molar-refractivity contribution in [3.63, 3.8) is 0 Å². The van der Waals surface area contributed by atoms with E-state index in [1.54, 1.807) is 7.11 Å². The summed E-state index contributed by atoms with van der Waals surface area (Å²) in [5, 5.41) is 0. The molecule has 1 aromatic carbocycles. The first-order chi connectivity index (χ1) is 7.13. The quantitative estimate of drug-likeness (QED) is 0.805. The van der Waals surface area contributed by atoms with Crippen molar-refractivity contribution in [2.24, 2.45) is 11.7 Å². The van der Waals surface area contributed by atoms with Crippen LogP contribution in [0.5, 0.6) is 0 Å². The smallest absolute Gasteiger partial charge is 0.0655 e. The summed E-state index contributed by atoms with van der Waals surface area (Å²) in [5.74, 6) is 0.680. The SMILES string of the molecule is COCC(N)c1cccc(CC(C)C)c1. The van der Waals surface area contributed by atoms with Gasteiger partial charge in [0.2, 0.25) is 0 Å². The van der Waals surface area contributed by atoms with Crippen molar-refractivity contribution in [1.82, 2.24) is 0 Å². The Labute approximate surface area is 92.4 Å². The molecule has 15 heavy (non-hydrogen) atoms. The summed E-state index contributed by atoms with van der Waals surface area (Å²) < 4.78 is 5.05. The minimum Gasteiger partial charge on any atom is -0.383 e. The molecule has 0 aliphatic heterocycles. The third-order valence-corrected chi connectivity index (χ3v) is 2.37. The molecule has 1 rings (SSSR count). The molecule has 0 aliphatic carbocycles. The van der Waals surface area contributed by atoms with Crippen LogP contribution in [0.3, 0.4) is 0 Å². The molecule has 84 valence electrons. The number of hydrogen-bond donors (Lipinski definition) is 1. The maximum absolute atomic E-state index is 5.98. The van der Waals surface area contributed by atoms with Gasteiger partial charge < -0.3 is 10.5 Å². The molecular weight excluding hydrogens is 186 g/mol. The molecule has 2 heteroatoms. The summed E-state index contributed by atoms with van der Waals surface area (Å²) in [6, 6.07) is 8.46. The van der Waals surface area contributed by atoms with E-state index >= 15 is 0 Å². The van der Waals surface area contributed by atoms with Crippen LogP contribution < -0.4 is 5.73 Å². The lowest BCUT2D eigenvalue weighted by Crippen LogP contribution is -2.16. The average molecular weight is 207 g/mol. The predicted octanol–water partition coefficient (Wildman–Crippen LogP) is 2.53. The highest BCUT2D eigenvalue weighted by Crippen LogP contribution is 2.15. The highest BCUT2D eigenvalue weighted by Gasteiger charge is 2.06. The van der Waals surface area contributed by atoms with Gasteiger partial charge >= 0.3 is 0 Å². The molecule has 0 aromatic heterocycles. The largest absolute Gasteiger partial charge is 0.383 e. The van der Waals surface area contributed by atoms with E-state index in [4.69, 9.17) is 10.5 Å². The molecule has 2 nitrogen and oxygen atoms in total. The number of nitrogens with two attached hydrogens (primary N) is 1. The lowest BCUT2D eigenvalue weighted by atomic mass is 9.99. The number of ether oxygens (including phenoxy) is 1. The first-order valence-corrected chi connectivity index (χ1v) is 5.47. The predicted molar refractivity (Wildman–Crippen MR) is 63.8 cm³/mol. The molecule has 0 amide bonds. The Balaban J connectivity index is 2.73. The van der Waals surface area contributed by atoms with Crippen LogP contribution in [0.2, 0.25) is 0 Å². The first kappa shape index (κ1) is 12.2. The number of methoxy groups -OCH3 is 1. The number of benzene rings is 1. The Bertz CT molecular complexity index is 296. The van der Waals surface area contributed by atoms with E-state index in [-0.39, 0.29) is 6.04 Å². The van der Waals surface area contributed by atoms with E-state index in [9.17, 15) is 0 Å². The maximum atomic E-state index is 5.98. The lowest BCUT2D eigenvalue weighted by Gasteiger charge is -2.13. The van der Waals surface area contributed by atoms with Gasteiger partial charge in [0.1, 0.15) is 0 Å². The summed E-state index contributed by atoms with van der Waals surface area (Å²) in [6.45, 7) is 5.02. The third kappa shape index (κ3) is 4.02. The zero-order valence-electron chi connectivity index (χ0n) is 9.86. The topological polar surface area (TPSA) is 35.2 Å². The second-order valence-electron chi connectivity index (χ2n) is 4.40. The average Bonchev–Trinajstić information content (AvgIpc) is 2.17. The summed E-state index contributed by atoms with van der Waals surface area (Å²) in [7, 11) is 1.68. The van der Waals surface area contributed by atoms with Crippen molar-refractivity contribution >= 4 is 0 Å².